The van der Waals surface area contributed by atoms with E-state index in [0.717, 1.165) is 42.0 Å². The van der Waals surface area contributed by atoms with Gasteiger partial charge in [-0.05, 0) is 18.9 Å². The van der Waals surface area contributed by atoms with Crippen molar-refractivity contribution in [3.05, 3.63) is 30.5 Å². The molecule has 17 heavy (non-hydrogen) atoms. The average Bonchev–Trinajstić information content (AvgIpc) is 2.89. The van der Waals surface area contributed by atoms with Gasteiger partial charge in [-0.1, -0.05) is 13.8 Å². The van der Waals surface area contributed by atoms with Crippen LogP contribution in [0.2, 0.25) is 0 Å². The SMILES string of the molecule is CCCNc1ncnc(-c2ccoc2)c1CC. The van der Waals surface area contributed by atoms with Crippen molar-refractivity contribution < 1.29 is 4.42 Å². The zero-order valence-electron chi connectivity index (χ0n) is 10.2. The van der Waals surface area contributed by atoms with Gasteiger partial charge in [-0.15, -0.1) is 0 Å². The van der Waals surface area contributed by atoms with Crippen molar-refractivity contribution in [2.45, 2.75) is 26.7 Å². The van der Waals surface area contributed by atoms with E-state index in [1.807, 2.05) is 6.07 Å². The molecular formula is C13H17N3O. The smallest absolute Gasteiger partial charge is 0.133 e. The number of anilines is 1. The van der Waals surface area contributed by atoms with Gasteiger partial charge in [0, 0.05) is 17.7 Å². The Kier molecular flexibility index (Phi) is 3.75. The number of hydrogen-bond acceptors (Lipinski definition) is 4. The molecule has 0 saturated heterocycles. The standard InChI is InChI=1S/C13H17N3O/c1-3-6-14-13-11(4-2)12(15-9-16-13)10-5-7-17-8-10/h5,7-9H,3-4,6H2,1-2H3,(H,14,15,16). The lowest BCUT2D eigenvalue weighted by atomic mass is 10.1. The minimum absolute atomic E-state index is 0.896. The van der Waals surface area contributed by atoms with Crippen LogP contribution in [0.15, 0.2) is 29.3 Å². The van der Waals surface area contributed by atoms with Crippen molar-refractivity contribution in [2.24, 2.45) is 0 Å². The molecule has 4 heteroatoms. The summed E-state index contributed by atoms with van der Waals surface area (Å²) in [6.45, 7) is 5.17. The second-order valence-electron chi connectivity index (χ2n) is 3.84. The average molecular weight is 231 g/mol. The molecule has 2 heterocycles. The van der Waals surface area contributed by atoms with Crippen molar-refractivity contribution >= 4 is 5.82 Å². The van der Waals surface area contributed by atoms with Crippen molar-refractivity contribution in [3.63, 3.8) is 0 Å². The Labute approximate surface area is 101 Å². The van der Waals surface area contributed by atoms with Gasteiger partial charge in [-0.2, -0.15) is 0 Å². The van der Waals surface area contributed by atoms with Crippen molar-refractivity contribution in [3.8, 4) is 11.3 Å². The van der Waals surface area contributed by atoms with E-state index in [1.165, 1.54) is 0 Å². The monoisotopic (exact) mass is 231 g/mol. The maximum atomic E-state index is 5.11. The molecule has 0 fully saturated rings. The third-order valence-electron chi connectivity index (χ3n) is 2.64. The highest BCUT2D eigenvalue weighted by Crippen LogP contribution is 2.26. The molecule has 4 nitrogen and oxygen atoms in total. The van der Waals surface area contributed by atoms with E-state index >= 15 is 0 Å². The molecule has 0 aliphatic rings. The second kappa shape index (κ2) is 5.48. The van der Waals surface area contributed by atoms with Gasteiger partial charge in [0.15, 0.2) is 0 Å². The fourth-order valence-electron chi connectivity index (χ4n) is 1.79. The van der Waals surface area contributed by atoms with Crippen LogP contribution < -0.4 is 5.32 Å². The molecule has 0 spiro atoms. The first kappa shape index (κ1) is 11.6. The van der Waals surface area contributed by atoms with Gasteiger partial charge in [-0.3, -0.25) is 0 Å². The second-order valence-corrected chi connectivity index (χ2v) is 3.84. The van der Waals surface area contributed by atoms with E-state index < -0.39 is 0 Å². The number of nitrogens with one attached hydrogen (secondary N) is 1. The van der Waals surface area contributed by atoms with E-state index in [-0.39, 0.29) is 0 Å². The normalized spacial score (nSPS) is 10.5. The number of aromatic nitrogens is 2. The van der Waals surface area contributed by atoms with Crippen LogP contribution in [-0.4, -0.2) is 16.5 Å². The Hall–Kier alpha value is -1.84. The third kappa shape index (κ3) is 2.46. The predicted octanol–water partition coefficient (Wildman–Crippen LogP) is 3.12. The van der Waals surface area contributed by atoms with Gasteiger partial charge in [0.25, 0.3) is 0 Å². The van der Waals surface area contributed by atoms with Crippen molar-refractivity contribution in [1.82, 2.24) is 9.97 Å². The molecule has 0 unspecified atom stereocenters. The summed E-state index contributed by atoms with van der Waals surface area (Å²) >= 11 is 0. The zero-order chi connectivity index (χ0) is 12.1. The quantitative estimate of drug-likeness (QED) is 0.859. The molecule has 0 aliphatic carbocycles. The molecule has 0 radical (unpaired) electrons. The number of furan rings is 1. The summed E-state index contributed by atoms with van der Waals surface area (Å²) in [5.41, 5.74) is 3.10. The van der Waals surface area contributed by atoms with Gasteiger partial charge < -0.3 is 9.73 Å². The molecule has 2 aromatic heterocycles. The lowest BCUT2D eigenvalue weighted by Crippen LogP contribution is -2.07. The Morgan fingerprint density at radius 3 is 2.82 bits per heavy atom. The Bertz CT molecular complexity index is 466. The molecule has 0 aromatic carbocycles. The third-order valence-corrected chi connectivity index (χ3v) is 2.64. The Morgan fingerprint density at radius 2 is 2.18 bits per heavy atom. The van der Waals surface area contributed by atoms with Crippen LogP contribution in [0, 0.1) is 0 Å². The minimum Gasteiger partial charge on any atom is -0.472 e. The fourth-order valence-corrected chi connectivity index (χ4v) is 1.79. The van der Waals surface area contributed by atoms with Crippen LogP contribution in [0.4, 0.5) is 5.82 Å². The van der Waals surface area contributed by atoms with E-state index in [2.05, 4.69) is 29.1 Å². The predicted molar refractivity (Wildman–Crippen MR) is 67.9 cm³/mol. The number of hydrogen-bond donors (Lipinski definition) is 1. The van der Waals surface area contributed by atoms with Gasteiger partial charge in [0.05, 0.1) is 18.2 Å². The highest BCUT2D eigenvalue weighted by molar-refractivity contribution is 5.67. The van der Waals surface area contributed by atoms with Gasteiger partial charge in [0.2, 0.25) is 0 Å². The van der Waals surface area contributed by atoms with E-state index in [4.69, 9.17) is 4.42 Å². The summed E-state index contributed by atoms with van der Waals surface area (Å²) in [5.74, 6) is 0.931. The van der Waals surface area contributed by atoms with Crippen LogP contribution in [0.25, 0.3) is 11.3 Å². The van der Waals surface area contributed by atoms with E-state index in [0.29, 0.717) is 0 Å². The molecule has 2 rings (SSSR count). The first-order chi connectivity index (χ1) is 8.36. The topological polar surface area (TPSA) is 51.0 Å². The van der Waals surface area contributed by atoms with Crippen molar-refractivity contribution in [1.29, 1.82) is 0 Å². The fraction of sp³-hybridized carbons (Fsp3) is 0.385. The molecule has 1 N–H and O–H groups in total. The lowest BCUT2D eigenvalue weighted by Gasteiger charge is -2.11. The Morgan fingerprint density at radius 1 is 1.29 bits per heavy atom. The largest absolute Gasteiger partial charge is 0.472 e. The molecule has 90 valence electrons. The number of nitrogens with zero attached hydrogens (tertiary/aromatic N) is 2. The summed E-state index contributed by atoms with van der Waals surface area (Å²) in [5, 5.41) is 3.33. The lowest BCUT2D eigenvalue weighted by molar-refractivity contribution is 0.568. The molecule has 2 aromatic rings. The van der Waals surface area contributed by atoms with Crippen molar-refractivity contribution in [2.75, 3.05) is 11.9 Å². The first-order valence-electron chi connectivity index (χ1n) is 5.97. The summed E-state index contributed by atoms with van der Waals surface area (Å²) < 4.78 is 5.11. The highest BCUT2D eigenvalue weighted by Gasteiger charge is 2.11. The van der Waals surface area contributed by atoms with Crippen LogP contribution in [-0.2, 0) is 6.42 Å². The van der Waals surface area contributed by atoms with Crippen LogP contribution in [0.3, 0.4) is 0 Å². The van der Waals surface area contributed by atoms with Gasteiger partial charge in [-0.25, -0.2) is 9.97 Å². The van der Waals surface area contributed by atoms with E-state index in [9.17, 15) is 0 Å². The molecule has 0 amide bonds. The van der Waals surface area contributed by atoms with Gasteiger partial charge in [0.1, 0.15) is 12.1 Å². The number of rotatable bonds is 5. The minimum atomic E-state index is 0.896. The molecule has 0 bridgehead atoms. The maximum Gasteiger partial charge on any atom is 0.133 e. The molecule has 0 atom stereocenters. The van der Waals surface area contributed by atoms with Crippen LogP contribution >= 0.6 is 0 Å². The highest BCUT2D eigenvalue weighted by atomic mass is 16.3. The molecular weight excluding hydrogens is 214 g/mol. The van der Waals surface area contributed by atoms with Gasteiger partial charge >= 0.3 is 0 Å². The van der Waals surface area contributed by atoms with E-state index in [1.54, 1.807) is 18.9 Å². The summed E-state index contributed by atoms with van der Waals surface area (Å²) in [6, 6.07) is 1.92. The van der Waals surface area contributed by atoms with Crippen LogP contribution in [0.1, 0.15) is 25.8 Å². The molecule has 0 saturated carbocycles. The summed E-state index contributed by atoms with van der Waals surface area (Å²) in [6.07, 6.45) is 6.95. The zero-order valence-corrected chi connectivity index (χ0v) is 10.2. The maximum absolute atomic E-state index is 5.11. The Balaban J connectivity index is 2.39. The first-order valence-corrected chi connectivity index (χ1v) is 5.97. The van der Waals surface area contributed by atoms with Crippen LogP contribution in [0.5, 0.6) is 0 Å². The molecule has 0 aliphatic heterocycles. The summed E-state index contributed by atoms with van der Waals surface area (Å²) in [7, 11) is 0. The summed E-state index contributed by atoms with van der Waals surface area (Å²) in [4.78, 5) is 8.65.